The molecule has 0 aromatic heterocycles. The number of halogens is 1. The Hall–Kier alpha value is -1.22. The molecule has 1 aliphatic rings. The average Bonchev–Trinajstić information content (AvgIpc) is 2.89. The predicted octanol–water partition coefficient (Wildman–Crippen LogP) is 1.75. The van der Waals surface area contributed by atoms with E-state index in [9.17, 15) is 18.5 Å². The van der Waals surface area contributed by atoms with Crippen molar-refractivity contribution in [2.45, 2.75) is 37.6 Å². The highest BCUT2D eigenvalue weighted by Crippen LogP contribution is 2.35. The van der Waals surface area contributed by atoms with E-state index in [1.165, 1.54) is 4.31 Å². The lowest BCUT2D eigenvalue weighted by Gasteiger charge is -2.23. The van der Waals surface area contributed by atoms with Gasteiger partial charge in [-0.1, -0.05) is 12.1 Å². The third-order valence-electron chi connectivity index (χ3n) is 3.87. The van der Waals surface area contributed by atoms with E-state index in [4.69, 9.17) is 5.73 Å². The van der Waals surface area contributed by atoms with Crippen LogP contribution in [0, 0.1) is 24.0 Å². The molecule has 1 aromatic carbocycles. The Morgan fingerprint density at radius 3 is 2.50 bits per heavy atom. The van der Waals surface area contributed by atoms with E-state index in [2.05, 4.69) is 0 Å². The average molecular weight is 350 g/mol. The second kappa shape index (κ2) is 6.91. The van der Waals surface area contributed by atoms with Crippen molar-refractivity contribution in [3.05, 3.63) is 33.4 Å². The molecule has 1 aliphatic heterocycles. The highest BCUT2D eigenvalue weighted by atomic mass is 35.5. The zero-order chi connectivity index (χ0) is 15.8. The fourth-order valence-corrected chi connectivity index (χ4v) is 4.94. The summed E-state index contributed by atoms with van der Waals surface area (Å²) >= 11 is 0. The van der Waals surface area contributed by atoms with Crippen molar-refractivity contribution in [1.29, 1.82) is 0 Å². The van der Waals surface area contributed by atoms with Gasteiger partial charge in [0.25, 0.3) is 5.69 Å². The van der Waals surface area contributed by atoms with Crippen molar-refractivity contribution < 1.29 is 13.3 Å². The van der Waals surface area contributed by atoms with Gasteiger partial charge >= 0.3 is 0 Å². The van der Waals surface area contributed by atoms with E-state index in [0.717, 1.165) is 6.42 Å². The number of aryl methyl sites for hydroxylation is 2. The van der Waals surface area contributed by atoms with Crippen LogP contribution in [0.15, 0.2) is 17.0 Å². The summed E-state index contributed by atoms with van der Waals surface area (Å²) in [5.41, 5.74) is 6.01. The maximum absolute atomic E-state index is 12.9. The predicted molar refractivity (Wildman–Crippen MR) is 85.8 cm³/mol. The molecule has 9 heteroatoms. The molecule has 0 radical (unpaired) electrons. The second-order valence-corrected chi connectivity index (χ2v) is 7.11. The normalized spacial score (nSPS) is 19.0. The first-order chi connectivity index (χ1) is 9.80. The Labute approximate surface area is 136 Å². The summed E-state index contributed by atoms with van der Waals surface area (Å²) in [5, 5.41) is 11.3. The molecule has 1 aromatic rings. The Kier molecular flexibility index (Phi) is 5.91. The summed E-state index contributed by atoms with van der Waals surface area (Å²) in [7, 11) is -3.92. The maximum atomic E-state index is 12.9. The summed E-state index contributed by atoms with van der Waals surface area (Å²) in [6.07, 6.45) is 1.41. The Morgan fingerprint density at radius 1 is 1.36 bits per heavy atom. The molecule has 0 saturated carbocycles. The van der Waals surface area contributed by atoms with Gasteiger partial charge in [-0.2, -0.15) is 4.31 Å². The molecule has 124 valence electrons. The van der Waals surface area contributed by atoms with Crippen LogP contribution < -0.4 is 5.73 Å². The molecule has 1 fully saturated rings. The minimum atomic E-state index is -3.92. The van der Waals surface area contributed by atoms with Crippen LogP contribution in [0.25, 0.3) is 0 Å². The van der Waals surface area contributed by atoms with Crippen molar-refractivity contribution in [2.75, 3.05) is 13.1 Å². The Balaban J connectivity index is 0.00000242. The monoisotopic (exact) mass is 349 g/mol. The zero-order valence-corrected chi connectivity index (χ0v) is 14.1. The SMILES string of the molecule is Cc1ccc(C)c(S(=O)(=O)N2CCCC2CN)c1[N+](=O)[O-].Cl. The highest BCUT2D eigenvalue weighted by Gasteiger charge is 2.39. The van der Waals surface area contributed by atoms with Gasteiger partial charge in [-0.05, 0) is 32.3 Å². The molecular formula is C13H20ClN3O4S. The van der Waals surface area contributed by atoms with Crippen LogP contribution in [0.5, 0.6) is 0 Å². The number of rotatable bonds is 4. The lowest BCUT2D eigenvalue weighted by Crippen LogP contribution is -2.40. The van der Waals surface area contributed by atoms with Gasteiger partial charge in [0.1, 0.15) is 0 Å². The minimum Gasteiger partial charge on any atom is -0.329 e. The lowest BCUT2D eigenvalue weighted by atomic mass is 10.1. The van der Waals surface area contributed by atoms with E-state index in [0.29, 0.717) is 24.1 Å². The van der Waals surface area contributed by atoms with Crippen molar-refractivity contribution in [3.63, 3.8) is 0 Å². The van der Waals surface area contributed by atoms with Crippen molar-refractivity contribution in [3.8, 4) is 0 Å². The molecule has 0 amide bonds. The van der Waals surface area contributed by atoms with Gasteiger partial charge in [0, 0.05) is 24.7 Å². The number of hydrogen-bond acceptors (Lipinski definition) is 5. The molecule has 1 atom stereocenters. The molecular weight excluding hydrogens is 330 g/mol. The third-order valence-corrected chi connectivity index (χ3v) is 6.00. The van der Waals surface area contributed by atoms with E-state index in [1.54, 1.807) is 26.0 Å². The smallest absolute Gasteiger partial charge is 0.292 e. The van der Waals surface area contributed by atoms with Crippen LogP contribution >= 0.6 is 12.4 Å². The third kappa shape index (κ3) is 3.10. The van der Waals surface area contributed by atoms with Crippen molar-refractivity contribution >= 4 is 28.1 Å². The van der Waals surface area contributed by atoms with Gasteiger partial charge in [-0.3, -0.25) is 10.1 Å². The number of nitro groups is 1. The first-order valence-corrected chi connectivity index (χ1v) is 8.21. The fourth-order valence-electron chi connectivity index (χ4n) is 2.80. The van der Waals surface area contributed by atoms with Crippen molar-refractivity contribution in [2.24, 2.45) is 5.73 Å². The van der Waals surface area contributed by atoms with Crippen molar-refractivity contribution in [1.82, 2.24) is 4.31 Å². The van der Waals surface area contributed by atoms with Gasteiger partial charge in [0.2, 0.25) is 10.0 Å². The minimum absolute atomic E-state index is 0. The Bertz CT molecular complexity index is 678. The number of sulfonamides is 1. The quantitative estimate of drug-likeness (QED) is 0.658. The first-order valence-electron chi connectivity index (χ1n) is 6.77. The van der Waals surface area contributed by atoms with Crippen LogP contribution in [0.4, 0.5) is 5.69 Å². The number of nitrogens with two attached hydrogens (primary N) is 1. The molecule has 0 bridgehead atoms. The van der Waals surface area contributed by atoms with E-state index < -0.39 is 14.9 Å². The summed E-state index contributed by atoms with van der Waals surface area (Å²) < 4.78 is 27.0. The molecule has 0 aliphatic carbocycles. The summed E-state index contributed by atoms with van der Waals surface area (Å²) in [5.74, 6) is 0. The highest BCUT2D eigenvalue weighted by molar-refractivity contribution is 7.89. The Morgan fingerprint density at radius 2 is 1.95 bits per heavy atom. The molecule has 0 spiro atoms. The van der Waals surface area contributed by atoms with Gasteiger partial charge in [0.15, 0.2) is 4.90 Å². The van der Waals surface area contributed by atoms with Gasteiger partial charge < -0.3 is 5.73 Å². The van der Waals surface area contributed by atoms with E-state index >= 15 is 0 Å². The van der Waals surface area contributed by atoms with E-state index in [1.807, 2.05) is 0 Å². The number of benzene rings is 1. The van der Waals surface area contributed by atoms with Crippen LogP contribution in [-0.2, 0) is 10.0 Å². The van der Waals surface area contributed by atoms with Crippen LogP contribution in [0.1, 0.15) is 24.0 Å². The number of nitro benzene ring substituents is 1. The molecule has 1 saturated heterocycles. The van der Waals surface area contributed by atoms with Gasteiger partial charge in [-0.15, -0.1) is 12.4 Å². The molecule has 2 N–H and O–H groups in total. The topological polar surface area (TPSA) is 107 Å². The second-order valence-electron chi connectivity index (χ2n) is 5.28. The molecule has 1 heterocycles. The van der Waals surface area contributed by atoms with Gasteiger partial charge in [-0.25, -0.2) is 8.42 Å². The summed E-state index contributed by atoms with van der Waals surface area (Å²) in [6, 6.07) is 2.88. The van der Waals surface area contributed by atoms with Crippen LogP contribution in [-0.4, -0.2) is 36.8 Å². The number of nitrogens with zero attached hydrogens (tertiary/aromatic N) is 2. The molecule has 22 heavy (non-hydrogen) atoms. The maximum Gasteiger partial charge on any atom is 0.292 e. The van der Waals surface area contributed by atoms with E-state index in [-0.39, 0.29) is 35.6 Å². The largest absolute Gasteiger partial charge is 0.329 e. The van der Waals surface area contributed by atoms with Crippen LogP contribution in [0.3, 0.4) is 0 Å². The standard InChI is InChI=1S/C13H19N3O4S.ClH/c1-9-5-6-10(2)13(12(9)16(17)18)21(19,20)15-7-3-4-11(15)8-14;/h5-6,11H,3-4,7-8,14H2,1-2H3;1H. The lowest BCUT2D eigenvalue weighted by molar-refractivity contribution is -0.388. The zero-order valence-electron chi connectivity index (χ0n) is 12.5. The van der Waals surface area contributed by atoms with Crippen LogP contribution in [0.2, 0.25) is 0 Å². The fraction of sp³-hybridized carbons (Fsp3) is 0.538. The molecule has 1 unspecified atom stereocenters. The number of hydrogen-bond donors (Lipinski definition) is 1. The van der Waals surface area contributed by atoms with Gasteiger partial charge in [0.05, 0.1) is 4.92 Å². The summed E-state index contributed by atoms with van der Waals surface area (Å²) in [6.45, 7) is 3.69. The molecule has 2 rings (SSSR count). The first kappa shape index (κ1) is 18.8. The molecule has 7 nitrogen and oxygen atoms in total. The summed E-state index contributed by atoms with van der Waals surface area (Å²) in [4.78, 5) is 10.5.